The number of carbonyl (C=O) groups excluding carboxylic acids is 2. The van der Waals surface area contributed by atoms with Gasteiger partial charge in [-0.15, -0.1) is 0 Å². The number of para-hydroxylation sites is 1. The number of benzene rings is 2. The molecular weight excluding hydrogens is 312 g/mol. The van der Waals surface area contributed by atoms with Crippen LogP contribution in [-0.4, -0.2) is 18.4 Å². The Hall–Kier alpha value is -2.62. The topological polar surface area (TPSA) is 58.2 Å². The minimum atomic E-state index is -0.178. The lowest BCUT2D eigenvalue weighted by atomic mass is 10.0. The number of hydrogen-bond acceptors (Lipinski definition) is 2. The summed E-state index contributed by atoms with van der Waals surface area (Å²) < 4.78 is 0. The summed E-state index contributed by atoms with van der Waals surface area (Å²) in [6, 6.07) is 14.5. The molecule has 0 bridgehead atoms. The third-order valence-corrected chi connectivity index (χ3v) is 3.91. The SMILES string of the molecule is CC(C)CNC(=O)c1ccc(C(=O)Nc2ccccc2C(C)C)cc1. The predicted molar refractivity (Wildman–Crippen MR) is 102 cm³/mol. The first-order chi connectivity index (χ1) is 11.9. The number of amides is 2. The standard InChI is InChI=1S/C21H26N2O2/c1-14(2)13-22-20(24)16-9-11-17(12-10-16)21(25)23-19-8-6-5-7-18(19)15(3)4/h5-12,14-15H,13H2,1-4H3,(H,22,24)(H,23,25). The maximum Gasteiger partial charge on any atom is 0.255 e. The van der Waals surface area contributed by atoms with E-state index in [9.17, 15) is 9.59 Å². The van der Waals surface area contributed by atoms with Crippen LogP contribution in [0.3, 0.4) is 0 Å². The lowest BCUT2D eigenvalue weighted by Gasteiger charge is -2.14. The first-order valence-corrected chi connectivity index (χ1v) is 8.67. The van der Waals surface area contributed by atoms with Crippen LogP contribution < -0.4 is 10.6 Å². The van der Waals surface area contributed by atoms with Crippen LogP contribution in [0.1, 0.15) is 59.9 Å². The Morgan fingerprint density at radius 2 is 1.40 bits per heavy atom. The Bertz CT molecular complexity index is 734. The van der Waals surface area contributed by atoms with Crippen LogP contribution in [0, 0.1) is 5.92 Å². The highest BCUT2D eigenvalue weighted by atomic mass is 16.2. The molecule has 4 nitrogen and oxygen atoms in total. The number of nitrogens with one attached hydrogen (secondary N) is 2. The van der Waals surface area contributed by atoms with E-state index in [1.807, 2.05) is 38.1 Å². The quantitative estimate of drug-likeness (QED) is 0.817. The van der Waals surface area contributed by atoms with Gasteiger partial charge in [0.15, 0.2) is 0 Å². The van der Waals surface area contributed by atoms with Gasteiger partial charge in [-0.2, -0.15) is 0 Å². The van der Waals surface area contributed by atoms with Gasteiger partial charge in [0.2, 0.25) is 0 Å². The van der Waals surface area contributed by atoms with Gasteiger partial charge < -0.3 is 10.6 Å². The van der Waals surface area contributed by atoms with Gasteiger partial charge in [-0.05, 0) is 47.7 Å². The fraction of sp³-hybridized carbons (Fsp3) is 0.333. The van der Waals surface area contributed by atoms with Gasteiger partial charge in [-0.25, -0.2) is 0 Å². The highest BCUT2D eigenvalue weighted by molar-refractivity contribution is 6.05. The molecule has 0 aliphatic carbocycles. The van der Waals surface area contributed by atoms with Crippen LogP contribution in [0.4, 0.5) is 5.69 Å². The molecule has 2 aromatic rings. The van der Waals surface area contributed by atoms with Gasteiger partial charge in [0.25, 0.3) is 11.8 Å². The molecule has 2 N–H and O–H groups in total. The summed E-state index contributed by atoms with van der Waals surface area (Å²) >= 11 is 0. The Morgan fingerprint density at radius 1 is 0.840 bits per heavy atom. The predicted octanol–water partition coefficient (Wildman–Crippen LogP) is 4.45. The molecule has 0 aliphatic rings. The molecule has 0 radical (unpaired) electrons. The molecule has 2 rings (SSSR count). The zero-order valence-electron chi connectivity index (χ0n) is 15.3. The third kappa shape index (κ3) is 5.18. The van der Waals surface area contributed by atoms with E-state index in [0.29, 0.717) is 29.5 Å². The Balaban J connectivity index is 2.07. The third-order valence-electron chi connectivity index (χ3n) is 3.91. The molecule has 0 aliphatic heterocycles. The summed E-state index contributed by atoms with van der Waals surface area (Å²) in [5, 5.41) is 5.82. The van der Waals surface area contributed by atoms with Gasteiger partial charge in [0.1, 0.15) is 0 Å². The van der Waals surface area contributed by atoms with Crippen molar-refractivity contribution in [3.63, 3.8) is 0 Å². The van der Waals surface area contributed by atoms with Crippen molar-refractivity contribution in [2.45, 2.75) is 33.6 Å². The summed E-state index contributed by atoms with van der Waals surface area (Å²) in [6.07, 6.45) is 0. The zero-order valence-corrected chi connectivity index (χ0v) is 15.3. The summed E-state index contributed by atoms with van der Waals surface area (Å²) in [5.41, 5.74) is 3.00. The Morgan fingerprint density at radius 3 is 1.96 bits per heavy atom. The van der Waals surface area contributed by atoms with Crippen LogP contribution in [-0.2, 0) is 0 Å². The van der Waals surface area contributed by atoms with Crippen molar-refractivity contribution >= 4 is 17.5 Å². The summed E-state index contributed by atoms with van der Waals surface area (Å²) in [6.45, 7) is 8.91. The molecule has 2 aromatic carbocycles. The average Bonchev–Trinajstić information content (AvgIpc) is 2.60. The van der Waals surface area contributed by atoms with Gasteiger partial charge in [-0.3, -0.25) is 9.59 Å². The summed E-state index contributed by atoms with van der Waals surface area (Å²) in [5.74, 6) is 0.423. The second kappa shape index (κ2) is 8.47. The van der Waals surface area contributed by atoms with Crippen molar-refractivity contribution in [3.05, 3.63) is 65.2 Å². The van der Waals surface area contributed by atoms with Crippen LogP contribution in [0.5, 0.6) is 0 Å². The van der Waals surface area contributed by atoms with E-state index in [-0.39, 0.29) is 11.8 Å². The number of rotatable bonds is 6. The summed E-state index contributed by atoms with van der Waals surface area (Å²) in [4.78, 5) is 24.5. The van der Waals surface area contributed by atoms with E-state index in [4.69, 9.17) is 0 Å². The normalized spacial score (nSPS) is 10.8. The largest absolute Gasteiger partial charge is 0.352 e. The van der Waals surface area contributed by atoms with Gasteiger partial charge in [0.05, 0.1) is 0 Å². The zero-order chi connectivity index (χ0) is 18.4. The molecule has 4 heteroatoms. The van der Waals surface area contributed by atoms with E-state index >= 15 is 0 Å². The lowest BCUT2D eigenvalue weighted by molar-refractivity contribution is 0.0947. The molecule has 0 fully saturated rings. The maximum absolute atomic E-state index is 12.5. The molecule has 25 heavy (non-hydrogen) atoms. The van der Waals surface area contributed by atoms with E-state index < -0.39 is 0 Å². The van der Waals surface area contributed by atoms with Crippen molar-refractivity contribution in [2.75, 3.05) is 11.9 Å². The highest BCUT2D eigenvalue weighted by Gasteiger charge is 2.12. The van der Waals surface area contributed by atoms with Crippen molar-refractivity contribution < 1.29 is 9.59 Å². The fourth-order valence-electron chi connectivity index (χ4n) is 2.48. The highest BCUT2D eigenvalue weighted by Crippen LogP contribution is 2.24. The molecule has 0 heterocycles. The maximum atomic E-state index is 12.5. The van der Waals surface area contributed by atoms with Crippen LogP contribution in [0.25, 0.3) is 0 Å². The second-order valence-corrected chi connectivity index (χ2v) is 6.88. The molecular formula is C21H26N2O2. The molecule has 0 saturated heterocycles. The van der Waals surface area contributed by atoms with Gasteiger partial charge >= 0.3 is 0 Å². The molecule has 0 atom stereocenters. The molecule has 0 saturated carbocycles. The minimum absolute atomic E-state index is 0.120. The second-order valence-electron chi connectivity index (χ2n) is 6.88. The molecule has 0 spiro atoms. The van der Waals surface area contributed by atoms with E-state index in [2.05, 4.69) is 24.5 Å². The first kappa shape index (κ1) is 18.7. The number of hydrogen-bond donors (Lipinski definition) is 2. The van der Waals surface area contributed by atoms with Crippen LogP contribution in [0.15, 0.2) is 48.5 Å². The van der Waals surface area contributed by atoms with Crippen molar-refractivity contribution in [1.82, 2.24) is 5.32 Å². The fourth-order valence-corrected chi connectivity index (χ4v) is 2.48. The first-order valence-electron chi connectivity index (χ1n) is 8.67. The molecule has 2 amide bonds. The molecule has 0 aromatic heterocycles. The Labute approximate surface area is 149 Å². The smallest absolute Gasteiger partial charge is 0.255 e. The van der Waals surface area contributed by atoms with Crippen molar-refractivity contribution in [2.24, 2.45) is 5.92 Å². The summed E-state index contributed by atoms with van der Waals surface area (Å²) in [7, 11) is 0. The number of anilines is 1. The van der Waals surface area contributed by atoms with Crippen LogP contribution >= 0.6 is 0 Å². The van der Waals surface area contributed by atoms with Gasteiger partial charge in [0, 0.05) is 23.4 Å². The van der Waals surface area contributed by atoms with E-state index in [0.717, 1.165) is 11.3 Å². The van der Waals surface area contributed by atoms with Crippen molar-refractivity contribution in [3.8, 4) is 0 Å². The minimum Gasteiger partial charge on any atom is -0.352 e. The average molecular weight is 338 g/mol. The number of carbonyl (C=O) groups is 2. The lowest BCUT2D eigenvalue weighted by Crippen LogP contribution is -2.27. The van der Waals surface area contributed by atoms with E-state index in [1.165, 1.54) is 0 Å². The van der Waals surface area contributed by atoms with Crippen molar-refractivity contribution in [1.29, 1.82) is 0 Å². The molecule has 132 valence electrons. The van der Waals surface area contributed by atoms with Crippen LogP contribution in [0.2, 0.25) is 0 Å². The van der Waals surface area contributed by atoms with Gasteiger partial charge in [-0.1, -0.05) is 45.9 Å². The van der Waals surface area contributed by atoms with E-state index in [1.54, 1.807) is 24.3 Å². The Kier molecular flexibility index (Phi) is 6.34. The molecule has 0 unspecified atom stereocenters. The monoisotopic (exact) mass is 338 g/mol.